The lowest BCUT2D eigenvalue weighted by atomic mass is 9.88. The Bertz CT molecular complexity index is 1040. The molecule has 11 heteroatoms. The van der Waals surface area contributed by atoms with E-state index in [9.17, 15) is 24.9 Å². The first-order valence-electron chi connectivity index (χ1n) is 16.6. The molecule has 0 saturated carbocycles. The van der Waals surface area contributed by atoms with Gasteiger partial charge in [-0.3, -0.25) is 4.79 Å². The van der Waals surface area contributed by atoms with Gasteiger partial charge in [-0.2, -0.15) is 0 Å². The summed E-state index contributed by atoms with van der Waals surface area (Å²) in [4.78, 5) is 25.4. The standard InChI is InChI=1S/C35H60N2O8.HI/c1-10-28(39)26(5)33-29(43-33)21-23(2)13-11-14-24(3)32-25(4)15-16-30(44-34(41)36-19-12-20-37(7,8)9)35(6,42)18-17-27(38)22-31(40)45-32;/h11,13-16,23,25-30,32-33,38-39,42H,10,12,17-22H2,1-9H3;1H/b13-11+,16-15+,24-14+;/t23-,25+,26-,27-,28+,29-,30+,32-,33-,35-;/m1./s1. The molecule has 2 heterocycles. The molecular formula is C35H61IN2O8. The van der Waals surface area contributed by atoms with E-state index in [-0.39, 0.29) is 79.3 Å². The number of quaternary nitrogens is 1. The minimum absolute atomic E-state index is 0. The van der Waals surface area contributed by atoms with Crippen LogP contribution in [0.15, 0.2) is 36.0 Å². The third kappa shape index (κ3) is 15.1. The number of rotatable bonds is 13. The van der Waals surface area contributed by atoms with Gasteiger partial charge in [0.05, 0.1) is 58.5 Å². The number of nitrogens with zero attached hydrogens (tertiary/aromatic N) is 1. The Kier molecular flexibility index (Phi) is 18.0. The van der Waals surface area contributed by atoms with E-state index < -0.39 is 36.0 Å². The molecule has 0 radical (unpaired) electrons. The molecule has 2 aliphatic heterocycles. The Balaban J connectivity index is 0.0000106. The van der Waals surface area contributed by atoms with Gasteiger partial charge in [0.2, 0.25) is 0 Å². The maximum absolute atomic E-state index is 12.8. The lowest BCUT2D eigenvalue weighted by Gasteiger charge is -2.32. The average molecular weight is 765 g/mol. The van der Waals surface area contributed by atoms with Gasteiger partial charge < -0.3 is 63.3 Å². The van der Waals surface area contributed by atoms with Crippen LogP contribution in [0.1, 0.15) is 80.1 Å². The zero-order valence-corrected chi connectivity index (χ0v) is 31.6. The predicted octanol–water partition coefficient (Wildman–Crippen LogP) is 1.28. The van der Waals surface area contributed by atoms with E-state index in [0.29, 0.717) is 13.0 Å². The molecule has 0 unspecified atom stereocenters. The number of esters is 1. The number of epoxide rings is 1. The molecular weight excluding hydrogens is 703 g/mol. The minimum Gasteiger partial charge on any atom is -1.00 e. The molecule has 0 aromatic rings. The minimum atomic E-state index is -1.46. The monoisotopic (exact) mass is 764 g/mol. The maximum Gasteiger partial charge on any atom is 0.407 e. The zero-order chi connectivity index (χ0) is 33.9. The van der Waals surface area contributed by atoms with Crippen molar-refractivity contribution >= 4 is 12.1 Å². The van der Waals surface area contributed by atoms with Gasteiger partial charge in [-0.05, 0) is 57.1 Å². The van der Waals surface area contributed by atoms with Crippen LogP contribution in [0, 0.1) is 17.8 Å². The van der Waals surface area contributed by atoms with Crippen LogP contribution in [0.25, 0.3) is 0 Å². The van der Waals surface area contributed by atoms with Gasteiger partial charge in [0.1, 0.15) is 11.7 Å². The highest BCUT2D eigenvalue weighted by Crippen LogP contribution is 2.36. The maximum atomic E-state index is 12.8. The van der Waals surface area contributed by atoms with E-state index in [1.54, 1.807) is 19.1 Å². The Morgan fingerprint density at radius 3 is 2.57 bits per heavy atom. The van der Waals surface area contributed by atoms with Gasteiger partial charge in [0.25, 0.3) is 0 Å². The van der Waals surface area contributed by atoms with Crippen molar-refractivity contribution in [1.82, 2.24) is 5.32 Å². The summed E-state index contributed by atoms with van der Waals surface area (Å²) < 4.78 is 18.2. The molecule has 266 valence electrons. The second-order valence-electron chi connectivity index (χ2n) is 14.5. The number of cyclic esters (lactones) is 1. The van der Waals surface area contributed by atoms with Crippen LogP contribution in [-0.2, 0) is 19.0 Å². The molecule has 0 aromatic heterocycles. The number of hydrogen-bond donors (Lipinski definition) is 4. The van der Waals surface area contributed by atoms with Crippen LogP contribution < -0.4 is 29.3 Å². The number of aliphatic hydroxyl groups is 3. The molecule has 1 saturated heterocycles. The number of alkyl carbamates (subject to hydrolysis) is 1. The number of nitrogens with one attached hydrogen (secondary N) is 1. The highest BCUT2D eigenvalue weighted by molar-refractivity contribution is 5.70. The van der Waals surface area contributed by atoms with Crippen molar-refractivity contribution in [3.8, 4) is 0 Å². The number of carbonyl (C=O) groups is 2. The second-order valence-corrected chi connectivity index (χ2v) is 14.5. The summed E-state index contributed by atoms with van der Waals surface area (Å²) in [6, 6.07) is 0. The summed E-state index contributed by atoms with van der Waals surface area (Å²) in [5.74, 6) is -0.461. The topological polar surface area (TPSA) is 138 Å². The number of halogens is 1. The van der Waals surface area contributed by atoms with Crippen molar-refractivity contribution < 1.29 is 67.6 Å². The van der Waals surface area contributed by atoms with Crippen molar-refractivity contribution in [2.75, 3.05) is 34.2 Å². The summed E-state index contributed by atoms with van der Waals surface area (Å²) in [5.41, 5.74) is -0.648. The molecule has 10 nitrogen and oxygen atoms in total. The molecule has 2 rings (SSSR count). The van der Waals surface area contributed by atoms with Gasteiger partial charge in [-0.1, -0.05) is 52.0 Å². The lowest BCUT2D eigenvalue weighted by Crippen LogP contribution is -3.00. The van der Waals surface area contributed by atoms with E-state index in [0.717, 1.165) is 29.4 Å². The fourth-order valence-electron chi connectivity index (χ4n) is 5.69. The molecule has 0 aliphatic carbocycles. The average Bonchev–Trinajstić information content (AvgIpc) is 3.71. The zero-order valence-electron chi connectivity index (χ0n) is 29.4. The van der Waals surface area contributed by atoms with E-state index >= 15 is 0 Å². The van der Waals surface area contributed by atoms with Gasteiger partial charge in [-0.25, -0.2) is 4.79 Å². The number of amides is 1. The van der Waals surface area contributed by atoms with Crippen molar-refractivity contribution in [3.05, 3.63) is 36.0 Å². The number of ether oxygens (including phenoxy) is 3. The highest BCUT2D eigenvalue weighted by Gasteiger charge is 2.45. The molecule has 4 N–H and O–H groups in total. The largest absolute Gasteiger partial charge is 1.00 e. The normalized spacial score (nSPS) is 32.2. The Morgan fingerprint density at radius 1 is 1.26 bits per heavy atom. The van der Waals surface area contributed by atoms with Gasteiger partial charge in [0.15, 0.2) is 6.10 Å². The number of aliphatic hydroxyl groups excluding tert-OH is 2. The summed E-state index contributed by atoms with van der Waals surface area (Å²) >= 11 is 0. The Labute approximate surface area is 294 Å². The molecule has 0 spiro atoms. The molecule has 0 aromatic carbocycles. The summed E-state index contributed by atoms with van der Waals surface area (Å²) in [6.07, 6.45) is 8.50. The smallest absolute Gasteiger partial charge is 0.407 e. The SMILES string of the molecule is CC[C@H](O)[C@@H](C)[C@H]1O[C@@H]1C[C@H](C)/C=C/C=C(\C)[C@H]1OC(=O)C[C@H](O)CC[C@@](C)(O)[C@@H](OC(=O)NCCC[N+](C)(C)C)/C=C/[C@@H]1C.[I-]. The summed E-state index contributed by atoms with van der Waals surface area (Å²) in [5, 5.41) is 34.7. The van der Waals surface area contributed by atoms with Crippen molar-refractivity contribution in [1.29, 1.82) is 0 Å². The first-order chi connectivity index (χ1) is 20.9. The molecule has 0 bridgehead atoms. The Hall–Kier alpha value is -1.51. The quantitative estimate of drug-likeness (QED) is 0.0419. The van der Waals surface area contributed by atoms with Crippen LogP contribution in [0.5, 0.6) is 0 Å². The van der Waals surface area contributed by atoms with E-state index in [4.69, 9.17) is 14.2 Å². The fourth-order valence-corrected chi connectivity index (χ4v) is 5.69. The highest BCUT2D eigenvalue weighted by atomic mass is 127. The third-order valence-corrected chi connectivity index (χ3v) is 8.85. The number of hydrogen-bond acceptors (Lipinski definition) is 8. The summed E-state index contributed by atoms with van der Waals surface area (Å²) in [7, 11) is 6.25. The Morgan fingerprint density at radius 2 is 1.93 bits per heavy atom. The first kappa shape index (κ1) is 42.5. The first-order valence-corrected chi connectivity index (χ1v) is 16.6. The fraction of sp³-hybridized carbons (Fsp3) is 0.771. The molecule has 2 aliphatic rings. The van der Waals surface area contributed by atoms with Crippen molar-refractivity contribution in [2.24, 2.45) is 17.8 Å². The van der Waals surface area contributed by atoms with E-state index in [2.05, 4.69) is 39.5 Å². The second kappa shape index (κ2) is 19.5. The van der Waals surface area contributed by atoms with E-state index in [1.807, 2.05) is 39.8 Å². The molecule has 10 atom stereocenters. The van der Waals surface area contributed by atoms with Gasteiger partial charge in [-0.15, -0.1) is 0 Å². The lowest BCUT2D eigenvalue weighted by molar-refractivity contribution is -0.870. The molecule has 46 heavy (non-hydrogen) atoms. The molecule has 1 amide bonds. The predicted molar refractivity (Wildman–Crippen MR) is 175 cm³/mol. The summed E-state index contributed by atoms with van der Waals surface area (Å²) in [6.45, 7) is 12.8. The van der Waals surface area contributed by atoms with Crippen LogP contribution in [0.2, 0.25) is 0 Å². The van der Waals surface area contributed by atoms with Crippen molar-refractivity contribution in [2.45, 2.75) is 122 Å². The van der Waals surface area contributed by atoms with Crippen LogP contribution in [0.3, 0.4) is 0 Å². The number of allylic oxidation sites excluding steroid dienone is 3. The van der Waals surface area contributed by atoms with E-state index in [1.165, 1.54) is 0 Å². The van der Waals surface area contributed by atoms with Crippen molar-refractivity contribution in [3.63, 3.8) is 0 Å². The van der Waals surface area contributed by atoms with Crippen LogP contribution in [-0.4, -0.2) is 108 Å². The third-order valence-electron chi connectivity index (χ3n) is 8.85. The molecule has 1 fully saturated rings. The number of carbonyl (C=O) groups excluding carboxylic acids is 2. The van der Waals surface area contributed by atoms with Gasteiger partial charge >= 0.3 is 12.1 Å². The van der Waals surface area contributed by atoms with Crippen LogP contribution in [0.4, 0.5) is 4.79 Å². The van der Waals surface area contributed by atoms with Crippen LogP contribution >= 0.6 is 0 Å². The van der Waals surface area contributed by atoms with Gasteiger partial charge in [0, 0.05) is 24.8 Å².